The first-order valence-electron chi connectivity index (χ1n) is 6.56. The van der Waals surface area contributed by atoms with E-state index in [1.165, 1.54) is 0 Å². The molecule has 0 radical (unpaired) electrons. The maximum absolute atomic E-state index is 12.0. The number of nitrogens with two attached hydrogens (primary N) is 1. The number of hydrogen-bond acceptors (Lipinski definition) is 4. The predicted octanol–water partition coefficient (Wildman–Crippen LogP) is 0.912. The topological polar surface area (TPSA) is 75.4 Å². The minimum Gasteiger partial charge on any atom is -0.375 e. The van der Waals surface area contributed by atoms with E-state index in [0.717, 1.165) is 31.5 Å². The Kier molecular flexibility index (Phi) is 4.44. The molecular weight excluding hydrogens is 262 g/mol. The molecule has 6 heteroatoms. The number of benzene rings is 1. The zero-order valence-corrected chi connectivity index (χ0v) is 12.0. The molecule has 0 aliphatic heterocycles. The van der Waals surface area contributed by atoms with Crippen LogP contribution in [0.4, 0.5) is 5.69 Å². The average molecular weight is 283 g/mol. The first-order chi connectivity index (χ1) is 9.03. The summed E-state index contributed by atoms with van der Waals surface area (Å²) in [4.78, 5) is 2.40. The van der Waals surface area contributed by atoms with E-state index >= 15 is 0 Å². The lowest BCUT2D eigenvalue weighted by molar-refractivity contribution is 0.581. The van der Waals surface area contributed by atoms with Gasteiger partial charge < -0.3 is 10.6 Å². The Morgan fingerprint density at radius 2 is 1.95 bits per heavy atom. The molecule has 106 valence electrons. The molecule has 0 unspecified atom stereocenters. The van der Waals surface area contributed by atoms with E-state index in [1.807, 2.05) is 19.2 Å². The third-order valence-electron chi connectivity index (χ3n) is 3.18. The molecule has 0 heterocycles. The van der Waals surface area contributed by atoms with E-state index in [4.69, 9.17) is 5.73 Å². The van der Waals surface area contributed by atoms with Gasteiger partial charge in [0.25, 0.3) is 0 Å². The highest BCUT2D eigenvalue weighted by Crippen LogP contribution is 2.23. The summed E-state index contributed by atoms with van der Waals surface area (Å²) >= 11 is 0. The highest BCUT2D eigenvalue weighted by atomic mass is 32.2. The number of nitrogens with zero attached hydrogens (tertiary/aromatic N) is 1. The zero-order valence-electron chi connectivity index (χ0n) is 11.2. The predicted molar refractivity (Wildman–Crippen MR) is 76.7 cm³/mol. The highest BCUT2D eigenvalue weighted by Gasteiger charge is 2.27. The second-order valence-corrected chi connectivity index (χ2v) is 6.67. The first kappa shape index (κ1) is 14.3. The van der Waals surface area contributed by atoms with Crippen molar-refractivity contribution in [3.63, 3.8) is 0 Å². The Hall–Kier alpha value is -1.11. The van der Waals surface area contributed by atoms with Crippen molar-refractivity contribution in [2.24, 2.45) is 5.73 Å². The molecule has 1 fully saturated rings. The Balaban J connectivity index is 2.04. The standard InChI is InChI=1S/C13H21N3O2S/c1-16(10-2-9-14)12-5-7-13(8-6-12)19(17,18)15-11-3-4-11/h5-8,11,15H,2-4,9-10,14H2,1H3. The summed E-state index contributed by atoms with van der Waals surface area (Å²) < 4.78 is 26.7. The normalized spacial score (nSPS) is 15.5. The van der Waals surface area contributed by atoms with Gasteiger partial charge in [-0.15, -0.1) is 0 Å². The number of rotatable bonds is 7. The summed E-state index contributed by atoms with van der Waals surface area (Å²) in [5, 5.41) is 0. The molecule has 0 atom stereocenters. The van der Waals surface area contributed by atoms with Crippen LogP contribution < -0.4 is 15.4 Å². The quantitative estimate of drug-likeness (QED) is 0.780. The number of hydrogen-bond donors (Lipinski definition) is 2. The van der Waals surface area contributed by atoms with Crippen LogP contribution in [-0.4, -0.2) is 34.6 Å². The summed E-state index contributed by atoms with van der Waals surface area (Å²) in [5.41, 5.74) is 6.47. The molecule has 1 saturated carbocycles. The van der Waals surface area contributed by atoms with Gasteiger partial charge in [-0.3, -0.25) is 0 Å². The second kappa shape index (κ2) is 5.90. The average Bonchev–Trinajstić information content (AvgIpc) is 3.19. The van der Waals surface area contributed by atoms with Crippen molar-refractivity contribution in [1.29, 1.82) is 0 Å². The van der Waals surface area contributed by atoms with Gasteiger partial charge in [0.15, 0.2) is 0 Å². The fourth-order valence-electron chi connectivity index (χ4n) is 1.83. The lowest BCUT2D eigenvalue weighted by Gasteiger charge is -2.19. The second-order valence-electron chi connectivity index (χ2n) is 4.95. The highest BCUT2D eigenvalue weighted by molar-refractivity contribution is 7.89. The van der Waals surface area contributed by atoms with E-state index in [2.05, 4.69) is 9.62 Å². The van der Waals surface area contributed by atoms with Crippen LogP contribution in [0.25, 0.3) is 0 Å². The Morgan fingerprint density at radius 3 is 2.47 bits per heavy atom. The van der Waals surface area contributed by atoms with Crippen LogP contribution in [0.3, 0.4) is 0 Å². The van der Waals surface area contributed by atoms with E-state index in [-0.39, 0.29) is 6.04 Å². The summed E-state index contributed by atoms with van der Waals surface area (Å²) in [7, 11) is -1.37. The van der Waals surface area contributed by atoms with Gasteiger partial charge in [0, 0.05) is 25.3 Å². The Labute approximate surface area is 114 Å². The fraction of sp³-hybridized carbons (Fsp3) is 0.538. The maximum Gasteiger partial charge on any atom is 0.240 e. The third kappa shape index (κ3) is 3.92. The van der Waals surface area contributed by atoms with Gasteiger partial charge in [-0.05, 0) is 50.1 Å². The number of nitrogens with one attached hydrogen (secondary N) is 1. The van der Waals surface area contributed by atoms with Gasteiger partial charge >= 0.3 is 0 Å². The van der Waals surface area contributed by atoms with Gasteiger partial charge in [0.05, 0.1) is 4.90 Å². The molecule has 2 rings (SSSR count). The van der Waals surface area contributed by atoms with Crippen LogP contribution in [0.2, 0.25) is 0 Å². The van der Waals surface area contributed by atoms with Crippen LogP contribution in [0.1, 0.15) is 19.3 Å². The molecule has 1 aromatic carbocycles. The minimum atomic E-state index is -3.34. The van der Waals surface area contributed by atoms with Crippen molar-refractivity contribution >= 4 is 15.7 Å². The number of anilines is 1. The molecule has 1 aliphatic carbocycles. The maximum atomic E-state index is 12.0. The van der Waals surface area contributed by atoms with E-state index in [1.54, 1.807) is 12.1 Å². The molecule has 0 saturated heterocycles. The van der Waals surface area contributed by atoms with Gasteiger partial charge in [-0.1, -0.05) is 0 Å². The summed E-state index contributed by atoms with van der Waals surface area (Å²) in [6.07, 6.45) is 2.80. The molecule has 5 nitrogen and oxygen atoms in total. The Bertz CT molecular complexity index is 509. The van der Waals surface area contributed by atoms with Crippen LogP contribution in [-0.2, 0) is 10.0 Å². The lowest BCUT2D eigenvalue weighted by Crippen LogP contribution is -2.26. The zero-order chi connectivity index (χ0) is 13.9. The van der Waals surface area contributed by atoms with E-state index in [9.17, 15) is 8.42 Å². The fourth-order valence-corrected chi connectivity index (χ4v) is 3.13. The minimum absolute atomic E-state index is 0.136. The van der Waals surface area contributed by atoms with E-state index in [0.29, 0.717) is 11.4 Å². The molecule has 0 amide bonds. The van der Waals surface area contributed by atoms with Crippen molar-refractivity contribution in [2.45, 2.75) is 30.2 Å². The van der Waals surface area contributed by atoms with Gasteiger partial charge in [-0.25, -0.2) is 13.1 Å². The number of sulfonamides is 1. The first-order valence-corrected chi connectivity index (χ1v) is 8.05. The Morgan fingerprint density at radius 1 is 1.32 bits per heavy atom. The third-order valence-corrected chi connectivity index (χ3v) is 4.72. The van der Waals surface area contributed by atoms with Gasteiger partial charge in [0.2, 0.25) is 10.0 Å². The summed E-state index contributed by atoms with van der Waals surface area (Å²) in [5.74, 6) is 0. The van der Waals surface area contributed by atoms with Crippen LogP contribution in [0, 0.1) is 0 Å². The van der Waals surface area contributed by atoms with Crippen molar-refractivity contribution in [3.8, 4) is 0 Å². The lowest BCUT2D eigenvalue weighted by atomic mass is 10.3. The monoisotopic (exact) mass is 283 g/mol. The van der Waals surface area contributed by atoms with Crippen molar-refractivity contribution in [2.75, 3.05) is 25.0 Å². The largest absolute Gasteiger partial charge is 0.375 e. The molecule has 1 aliphatic rings. The molecular formula is C13H21N3O2S. The van der Waals surface area contributed by atoms with E-state index < -0.39 is 10.0 Å². The molecule has 0 aromatic heterocycles. The molecule has 3 N–H and O–H groups in total. The summed E-state index contributed by atoms with van der Waals surface area (Å²) in [6, 6.07) is 7.10. The van der Waals surface area contributed by atoms with Crippen LogP contribution in [0.5, 0.6) is 0 Å². The molecule has 0 bridgehead atoms. The van der Waals surface area contributed by atoms with Gasteiger partial charge in [0.1, 0.15) is 0 Å². The molecule has 1 aromatic rings. The van der Waals surface area contributed by atoms with Crippen molar-refractivity contribution in [1.82, 2.24) is 4.72 Å². The van der Waals surface area contributed by atoms with Crippen LogP contribution >= 0.6 is 0 Å². The molecule has 19 heavy (non-hydrogen) atoms. The van der Waals surface area contributed by atoms with Crippen LogP contribution in [0.15, 0.2) is 29.2 Å². The van der Waals surface area contributed by atoms with Gasteiger partial charge in [-0.2, -0.15) is 0 Å². The smallest absolute Gasteiger partial charge is 0.240 e. The SMILES string of the molecule is CN(CCCN)c1ccc(S(=O)(=O)NC2CC2)cc1. The van der Waals surface area contributed by atoms with Crippen molar-refractivity contribution < 1.29 is 8.42 Å². The summed E-state index contributed by atoms with van der Waals surface area (Å²) in [6.45, 7) is 1.52. The van der Waals surface area contributed by atoms with Crippen molar-refractivity contribution in [3.05, 3.63) is 24.3 Å². The molecule has 0 spiro atoms.